The van der Waals surface area contributed by atoms with E-state index in [2.05, 4.69) is 33.1 Å². The molecule has 0 heterocycles. The number of methoxy groups -OCH3 is 1. The third-order valence-electron chi connectivity index (χ3n) is 3.55. The van der Waals surface area contributed by atoms with E-state index >= 15 is 0 Å². The van der Waals surface area contributed by atoms with Gasteiger partial charge in [0.1, 0.15) is 5.60 Å². The minimum atomic E-state index is -0.524. The first-order chi connectivity index (χ1) is 12.5. The standard InChI is InChI=1S/C20H34N4O3/c1-19(2,3)27-18(25)24-20(4,5)14-23-17(21-6)22-12-15-8-10-16(11-9-15)13-26-7/h8-11H,12-14H2,1-7H3,(H,24,25)(H2,21,22,23). The largest absolute Gasteiger partial charge is 0.444 e. The lowest BCUT2D eigenvalue weighted by Crippen LogP contribution is -2.54. The summed E-state index contributed by atoms with van der Waals surface area (Å²) < 4.78 is 10.4. The molecule has 0 unspecified atom stereocenters. The van der Waals surface area contributed by atoms with Gasteiger partial charge in [0, 0.05) is 27.2 Å². The van der Waals surface area contributed by atoms with E-state index in [0.717, 1.165) is 11.1 Å². The molecule has 0 aliphatic carbocycles. The van der Waals surface area contributed by atoms with Crippen LogP contribution >= 0.6 is 0 Å². The topological polar surface area (TPSA) is 84.0 Å². The maximum Gasteiger partial charge on any atom is 0.408 e. The van der Waals surface area contributed by atoms with Crippen LogP contribution in [0.5, 0.6) is 0 Å². The Bertz CT molecular complexity index is 619. The summed E-state index contributed by atoms with van der Waals surface area (Å²) in [6.07, 6.45) is -0.437. The highest BCUT2D eigenvalue weighted by Gasteiger charge is 2.24. The van der Waals surface area contributed by atoms with E-state index < -0.39 is 17.2 Å². The van der Waals surface area contributed by atoms with Crippen molar-refractivity contribution in [3.8, 4) is 0 Å². The fourth-order valence-corrected chi connectivity index (χ4v) is 2.26. The second-order valence-electron chi connectivity index (χ2n) is 8.04. The highest BCUT2D eigenvalue weighted by molar-refractivity contribution is 5.79. The Morgan fingerprint density at radius 1 is 1.04 bits per heavy atom. The van der Waals surface area contributed by atoms with Crippen LogP contribution < -0.4 is 16.0 Å². The Labute approximate surface area is 162 Å². The molecule has 0 aromatic heterocycles. The summed E-state index contributed by atoms with van der Waals surface area (Å²) in [5, 5.41) is 9.36. The molecule has 1 aromatic carbocycles. The molecule has 0 saturated heterocycles. The summed E-state index contributed by atoms with van der Waals surface area (Å²) in [5.41, 5.74) is 1.26. The average Bonchev–Trinajstić information content (AvgIpc) is 2.54. The minimum Gasteiger partial charge on any atom is -0.444 e. The molecule has 152 valence electrons. The molecule has 27 heavy (non-hydrogen) atoms. The monoisotopic (exact) mass is 378 g/mol. The second kappa shape index (κ2) is 10.2. The first-order valence-corrected chi connectivity index (χ1v) is 9.07. The van der Waals surface area contributed by atoms with Crippen molar-refractivity contribution < 1.29 is 14.3 Å². The van der Waals surface area contributed by atoms with Gasteiger partial charge in [0.15, 0.2) is 5.96 Å². The van der Waals surface area contributed by atoms with Crippen LogP contribution in [0.3, 0.4) is 0 Å². The minimum absolute atomic E-state index is 0.437. The molecule has 0 saturated carbocycles. The van der Waals surface area contributed by atoms with Crippen molar-refractivity contribution in [3.63, 3.8) is 0 Å². The lowest BCUT2D eigenvalue weighted by Gasteiger charge is -2.29. The van der Waals surface area contributed by atoms with Gasteiger partial charge >= 0.3 is 6.09 Å². The van der Waals surface area contributed by atoms with Crippen molar-refractivity contribution in [1.82, 2.24) is 16.0 Å². The molecule has 0 fully saturated rings. The number of guanidine groups is 1. The number of rotatable bonds is 7. The van der Waals surface area contributed by atoms with Gasteiger partial charge in [-0.3, -0.25) is 4.99 Å². The molecular formula is C20H34N4O3. The van der Waals surface area contributed by atoms with Crippen molar-refractivity contribution in [1.29, 1.82) is 0 Å². The van der Waals surface area contributed by atoms with Gasteiger partial charge in [0.25, 0.3) is 0 Å². The van der Waals surface area contributed by atoms with Crippen LogP contribution in [0.1, 0.15) is 45.7 Å². The Hall–Kier alpha value is -2.28. The van der Waals surface area contributed by atoms with Crippen molar-refractivity contribution in [2.24, 2.45) is 4.99 Å². The fraction of sp³-hybridized carbons (Fsp3) is 0.600. The first-order valence-electron chi connectivity index (χ1n) is 9.07. The Balaban J connectivity index is 2.47. The molecule has 0 aliphatic heterocycles. The van der Waals surface area contributed by atoms with E-state index in [1.807, 2.05) is 46.8 Å². The fourth-order valence-electron chi connectivity index (χ4n) is 2.26. The zero-order valence-electron chi connectivity index (χ0n) is 17.6. The van der Waals surface area contributed by atoms with Gasteiger partial charge < -0.3 is 25.4 Å². The van der Waals surface area contributed by atoms with E-state index in [9.17, 15) is 4.79 Å². The number of amides is 1. The Morgan fingerprint density at radius 2 is 1.63 bits per heavy atom. The first kappa shape index (κ1) is 22.8. The molecular weight excluding hydrogens is 344 g/mol. The number of ether oxygens (including phenoxy) is 2. The van der Waals surface area contributed by atoms with Gasteiger partial charge in [0.2, 0.25) is 0 Å². The summed E-state index contributed by atoms with van der Waals surface area (Å²) in [5.74, 6) is 0.662. The van der Waals surface area contributed by atoms with Crippen LogP contribution in [0.2, 0.25) is 0 Å². The van der Waals surface area contributed by atoms with Gasteiger partial charge in [-0.2, -0.15) is 0 Å². The number of hydrogen-bond acceptors (Lipinski definition) is 4. The van der Waals surface area contributed by atoms with Gasteiger partial charge in [-0.15, -0.1) is 0 Å². The van der Waals surface area contributed by atoms with Gasteiger partial charge in [0.05, 0.1) is 12.1 Å². The summed E-state index contributed by atoms with van der Waals surface area (Å²) in [4.78, 5) is 16.2. The summed E-state index contributed by atoms with van der Waals surface area (Å²) >= 11 is 0. The number of hydrogen-bond donors (Lipinski definition) is 3. The summed E-state index contributed by atoms with van der Waals surface area (Å²) in [7, 11) is 3.40. The Morgan fingerprint density at radius 3 is 2.15 bits per heavy atom. The Kier molecular flexibility index (Phi) is 8.56. The van der Waals surface area contributed by atoms with E-state index in [1.165, 1.54) is 0 Å². The van der Waals surface area contributed by atoms with Crippen LogP contribution in [0.15, 0.2) is 29.3 Å². The van der Waals surface area contributed by atoms with Crippen LogP contribution in [0, 0.1) is 0 Å². The molecule has 1 rings (SSSR count). The van der Waals surface area contributed by atoms with Crippen molar-refractivity contribution in [2.75, 3.05) is 20.7 Å². The smallest absolute Gasteiger partial charge is 0.408 e. The normalized spacial score (nSPS) is 12.5. The third-order valence-corrected chi connectivity index (χ3v) is 3.55. The van der Waals surface area contributed by atoms with Crippen LogP contribution in [0.25, 0.3) is 0 Å². The molecule has 1 amide bonds. The van der Waals surface area contributed by atoms with Gasteiger partial charge in [-0.1, -0.05) is 24.3 Å². The molecule has 0 aliphatic rings. The summed E-state index contributed by atoms with van der Waals surface area (Å²) in [6, 6.07) is 8.21. The SMILES string of the molecule is CN=C(NCc1ccc(COC)cc1)NCC(C)(C)NC(=O)OC(C)(C)C. The second-order valence-corrected chi connectivity index (χ2v) is 8.04. The molecule has 0 spiro atoms. The van der Waals surface area contributed by atoms with Crippen LogP contribution in [0.4, 0.5) is 4.79 Å². The molecule has 0 radical (unpaired) electrons. The molecule has 0 atom stereocenters. The van der Waals surface area contributed by atoms with Crippen molar-refractivity contribution >= 4 is 12.1 Å². The number of benzene rings is 1. The molecule has 3 N–H and O–H groups in total. The van der Waals surface area contributed by atoms with Gasteiger partial charge in [-0.25, -0.2) is 4.79 Å². The predicted molar refractivity (Wildman–Crippen MR) is 109 cm³/mol. The number of carbonyl (C=O) groups is 1. The highest BCUT2D eigenvalue weighted by Crippen LogP contribution is 2.09. The number of nitrogens with zero attached hydrogens (tertiary/aromatic N) is 1. The zero-order valence-corrected chi connectivity index (χ0v) is 17.6. The number of aliphatic imine (C=N–C) groups is 1. The van der Waals surface area contributed by atoms with Crippen molar-refractivity contribution in [2.45, 2.75) is 58.9 Å². The van der Waals surface area contributed by atoms with E-state index in [0.29, 0.717) is 25.7 Å². The number of alkyl carbamates (subject to hydrolysis) is 1. The third kappa shape index (κ3) is 9.84. The van der Waals surface area contributed by atoms with E-state index in [4.69, 9.17) is 9.47 Å². The molecule has 7 nitrogen and oxygen atoms in total. The summed E-state index contributed by atoms with van der Waals surface area (Å²) in [6.45, 7) is 11.1. The average molecular weight is 379 g/mol. The zero-order chi connectivity index (χ0) is 20.5. The predicted octanol–water partition coefficient (Wildman–Crippen LogP) is 2.80. The quantitative estimate of drug-likeness (QED) is 0.502. The maximum atomic E-state index is 12.0. The molecule has 1 aromatic rings. The lowest BCUT2D eigenvalue weighted by atomic mass is 10.1. The van der Waals surface area contributed by atoms with Crippen LogP contribution in [-0.4, -0.2) is 43.9 Å². The van der Waals surface area contributed by atoms with E-state index in [1.54, 1.807) is 14.2 Å². The molecule has 7 heteroatoms. The highest BCUT2D eigenvalue weighted by atomic mass is 16.6. The van der Waals surface area contributed by atoms with Gasteiger partial charge in [-0.05, 0) is 45.7 Å². The lowest BCUT2D eigenvalue weighted by molar-refractivity contribution is 0.0474. The molecule has 0 bridgehead atoms. The number of nitrogens with one attached hydrogen (secondary N) is 3. The van der Waals surface area contributed by atoms with Crippen LogP contribution in [-0.2, 0) is 22.6 Å². The van der Waals surface area contributed by atoms with Crippen molar-refractivity contribution in [3.05, 3.63) is 35.4 Å². The van der Waals surface area contributed by atoms with E-state index in [-0.39, 0.29) is 0 Å². The maximum absolute atomic E-state index is 12.0. The number of carbonyl (C=O) groups excluding carboxylic acids is 1.